The average molecular weight is 360 g/mol. The van der Waals surface area contributed by atoms with Crippen LogP contribution in [0.4, 0.5) is 5.82 Å². The number of hydrogen-bond donors (Lipinski definition) is 2. The average Bonchev–Trinajstić information content (AvgIpc) is 2.54. The second kappa shape index (κ2) is 7.31. The van der Waals surface area contributed by atoms with E-state index in [0.29, 0.717) is 17.1 Å². The van der Waals surface area contributed by atoms with E-state index in [-0.39, 0.29) is 16.6 Å². The summed E-state index contributed by atoms with van der Waals surface area (Å²) in [5.74, 6) is 0.596. The van der Waals surface area contributed by atoms with Crippen molar-refractivity contribution < 1.29 is 8.42 Å². The number of rotatable bonds is 6. The summed E-state index contributed by atoms with van der Waals surface area (Å²) in [4.78, 5) is 8.71. The number of nitrogens with zero attached hydrogens (tertiary/aromatic N) is 2. The lowest BCUT2D eigenvalue weighted by Crippen LogP contribution is -2.18. The molecule has 0 aliphatic rings. The van der Waals surface area contributed by atoms with Crippen LogP contribution in [0.2, 0.25) is 0 Å². The largest absolute Gasteiger partial charge is 0.367 e. The predicted molar refractivity (Wildman–Crippen MR) is 100 cm³/mol. The zero-order chi connectivity index (χ0) is 18.8. The Kier molecular flexibility index (Phi) is 5.57. The molecule has 0 atom stereocenters. The van der Waals surface area contributed by atoms with Gasteiger partial charge in [0.25, 0.3) is 0 Å². The van der Waals surface area contributed by atoms with Gasteiger partial charge in [-0.05, 0) is 58.4 Å². The minimum absolute atomic E-state index is 0.148. The molecule has 0 saturated heterocycles. The summed E-state index contributed by atoms with van der Waals surface area (Å²) in [7, 11) is -3.42. The Bertz CT molecular complexity index is 890. The van der Waals surface area contributed by atoms with Crippen molar-refractivity contribution >= 4 is 21.4 Å². The number of aromatic nitrogens is 2. The highest BCUT2D eigenvalue weighted by molar-refractivity contribution is 7.92. The third-order valence-electron chi connectivity index (χ3n) is 3.77. The van der Waals surface area contributed by atoms with Gasteiger partial charge in [-0.2, -0.15) is 0 Å². The SMILES string of the molecule is Cc1ccnc(NC(C)C)c1C(=N)c1cc(S(=O)(=O)C(C)C)ccn1. The third kappa shape index (κ3) is 4.04. The lowest BCUT2D eigenvalue weighted by Gasteiger charge is -2.16. The number of nitrogens with one attached hydrogen (secondary N) is 2. The van der Waals surface area contributed by atoms with Crippen LogP contribution in [-0.4, -0.2) is 35.4 Å². The maximum Gasteiger partial charge on any atom is 0.180 e. The molecule has 0 unspecified atom stereocenters. The summed E-state index contributed by atoms with van der Waals surface area (Å²) < 4.78 is 24.8. The fourth-order valence-corrected chi connectivity index (χ4v) is 3.45. The molecule has 6 nitrogen and oxygen atoms in total. The Morgan fingerprint density at radius 3 is 2.36 bits per heavy atom. The fraction of sp³-hybridized carbons (Fsp3) is 0.389. The number of pyridine rings is 2. The minimum atomic E-state index is -3.42. The molecule has 2 heterocycles. The van der Waals surface area contributed by atoms with Crippen LogP contribution in [0.3, 0.4) is 0 Å². The van der Waals surface area contributed by atoms with E-state index in [1.807, 2.05) is 26.8 Å². The normalized spacial score (nSPS) is 11.8. The van der Waals surface area contributed by atoms with Gasteiger partial charge in [-0.25, -0.2) is 13.4 Å². The van der Waals surface area contributed by atoms with Gasteiger partial charge in [0.1, 0.15) is 5.82 Å². The molecule has 2 aromatic rings. The first-order valence-corrected chi connectivity index (χ1v) is 9.70. The molecule has 2 aromatic heterocycles. The van der Waals surface area contributed by atoms with Crippen molar-refractivity contribution in [3.63, 3.8) is 0 Å². The van der Waals surface area contributed by atoms with Crippen LogP contribution < -0.4 is 5.32 Å². The molecule has 7 heteroatoms. The number of hydrogen-bond acceptors (Lipinski definition) is 6. The quantitative estimate of drug-likeness (QED) is 0.771. The highest BCUT2D eigenvalue weighted by Gasteiger charge is 2.22. The summed E-state index contributed by atoms with van der Waals surface area (Å²) in [6.45, 7) is 9.15. The molecule has 0 aliphatic carbocycles. The summed E-state index contributed by atoms with van der Waals surface area (Å²) in [6.07, 6.45) is 3.12. The van der Waals surface area contributed by atoms with E-state index < -0.39 is 15.1 Å². The van der Waals surface area contributed by atoms with E-state index in [9.17, 15) is 8.42 Å². The van der Waals surface area contributed by atoms with Crippen molar-refractivity contribution in [2.45, 2.75) is 50.8 Å². The highest BCUT2D eigenvalue weighted by Crippen LogP contribution is 2.23. The molecule has 0 fully saturated rings. The molecule has 25 heavy (non-hydrogen) atoms. The zero-order valence-corrected chi connectivity index (χ0v) is 16.0. The maximum atomic E-state index is 12.4. The van der Waals surface area contributed by atoms with Crippen LogP contribution in [0, 0.1) is 12.3 Å². The van der Waals surface area contributed by atoms with Crippen molar-refractivity contribution in [3.05, 3.63) is 47.4 Å². The van der Waals surface area contributed by atoms with Gasteiger partial charge in [0, 0.05) is 24.0 Å². The standard InChI is InChI=1S/C18H24N4O2S/c1-11(2)22-18-16(13(5)6-8-21-18)17(19)15-10-14(7-9-20-15)25(23,24)12(3)4/h6-12,19H,1-5H3,(H,21,22). The Labute approximate surface area is 149 Å². The summed E-state index contributed by atoms with van der Waals surface area (Å²) in [5, 5.41) is 11.3. The number of sulfone groups is 1. The van der Waals surface area contributed by atoms with Crippen molar-refractivity contribution in [2.24, 2.45) is 0 Å². The third-order valence-corrected chi connectivity index (χ3v) is 5.92. The second-order valence-corrected chi connectivity index (χ2v) is 9.00. The van der Waals surface area contributed by atoms with Crippen LogP contribution in [0.15, 0.2) is 35.5 Å². The molecule has 134 valence electrons. The van der Waals surface area contributed by atoms with Gasteiger partial charge in [0.2, 0.25) is 0 Å². The number of anilines is 1. The van der Waals surface area contributed by atoms with Gasteiger partial charge in [0.05, 0.1) is 21.6 Å². The molecule has 0 saturated carbocycles. The Balaban J connectivity index is 2.53. The van der Waals surface area contributed by atoms with E-state index in [1.54, 1.807) is 20.0 Å². The van der Waals surface area contributed by atoms with Gasteiger partial charge in [0.15, 0.2) is 9.84 Å². The first-order chi connectivity index (χ1) is 11.6. The Morgan fingerprint density at radius 2 is 1.76 bits per heavy atom. The number of aryl methyl sites for hydroxylation is 1. The molecule has 0 radical (unpaired) electrons. The first kappa shape index (κ1) is 19.1. The Hall–Kier alpha value is -2.28. The van der Waals surface area contributed by atoms with Crippen molar-refractivity contribution in [3.8, 4) is 0 Å². The first-order valence-electron chi connectivity index (χ1n) is 8.16. The van der Waals surface area contributed by atoms with Gasteiger partial charge >= 0.3 is 0 Å². The van der Waals surface area contributed by atoms with E-state index in [2.05, 4.69) is 15.3 Å². The molecule has 0 aromatic carbocycles. The molecule has 2 rings (SSSR count). The second-order valence-electron chi connectivity index (χ2n) is 6.50. The lowest BCUT2D eigenvalue weighted by atomic mass is 10.0. The Morgan fingerprint density at radius 1 is 1.12 bits per heavy atom. The van der Waals surface area contributed by atoms with Gasteiger partial charge in [-0.1, -0.05) is 0 Å². The fourth-order valence-electron chi connectivity index (χ4n) is 2.38. The summed E-state index contributed by atoms with van der Waals surface area (Å²) in [5.41, 5.74) is 1.96. The summed E-state index contributed by atoms with van der Waals surface area (Å²) in [6, 6.07) is 4.91. The van der Waals surface area contributed by atoms with E-state index in [1.165, 1.54) is 18.3 Å². The molecule has 0 aliphatic heterocycles. The zero-order valence-electron chi connectivity index (χ0n) is 15.2. The molecule has 0 bridgehead atoms. The molecular formula is C18H24N4O2S. The van der Waals surface area contributed by atoms with Gasteiger partial charge < -0.3 is 5.32 Å². The van der Waals surface area contributed by atoms with E-state index in [0.717, 1.165) is 5.56 Å². The molecular weight excluding hydrogens is 336 g/mol. The minimum Gasteiger partial charge on any atom is -0.367 e. The van der Waals surface area contributed by atoms with E-state index >= 15 is 0 Å². The van der Waals surface area contributed by atoms with Crippen LogP contribution in [0.1, 0.15) is 44.5 Å². The highest BCUT2D eigenvalue weighted by atomic mass is 32.2. The predicted octanol–water partition coefficient (Wildman–Crippen LogP) is 3.20. The van der Waals surface area contributed by atoms with Crippen molar-refractivity contribution in [2.75, 3.05) is 5.32 Å². The summed E-state index contributed by atoms with van der Waals surface area (Å²) >= 11 is 0. The monoisotopic (exact) mass is 360 g/mol. The van der Waals surface area contributed by atoms with Crippen LogP contribution in [0.5, 0.6) is 0 Å². The van der Waals surface area contributed by atoms with Crippen molar-refractivity contribution in [1.82, 2.24) is 9.97 Å². The maximum absolute atomic E-state index is 12.4. The van der Waals surface area contributed by atoms with Gasteiger partial charge in [-0.15, -0.1) is 0 Å². The molecule has 0 spiro atoms. The van der Waals surface area contributed by atoms with E-state index in [4.69, 9.17) is 5.41 Å². The smallest absolute Gasteiger partial charge is 0.180 e. The van der Waals surface area contributed by atoms with Crippen LogP contribution in [-0.2, 0) is 9.84 Å². The molecule has 2 N–H and O–H groups in total. The lowest BCUT2D eigenvalue weighted by molar-refractivity contribution is 0.587. The van der Waals surface area contributed by atoms with Crippen molar-refractivity contribution in [1.29, 1.82) is 5.41 Å². The molecule has 0 amide bonds. The van der Waals surface area contributed by atoms with Gasteiger partial charge in [-0.3, -0.25) is 10.4 Å². The topological polar surface area (TPSA) is 95.8 Å². The van der Waals surface area contributed by atoms with Crippen LogP contribution >= 0.6 is 0 Å². The van der Waals surface area contributed by atoms with Crippen LogP contribution in [0.25, 0.3) is 0 Å².